The molecule has 0 aliphatic heterocycles. The van der Waals surface area contributed by atoms with Crippen LogP contribution in [0.3, 0.4) is 0 Å². The Balaban J connectivity index is 0. The summed E-state index contributed by atoms with van der Waals surface area (Å²) in [7, 11) is 0.889. The van der Waals surface area contributed by atoms with Gasteiger partial charge in [-0.05, 0) is 36.4 Å². The Morgan fingerprint density at radius 1 is 0.676 bits per heavy atom. The summed E-state index contributed by atoms with van der Waals surface area (Å²) >= 11 is 0. The van der Waals surface area contributed by atoms with Gasteiger partial charge in [-0.25, -0.2) is 0 Å². The zero-order valence-corrected chi connectivity index (χ0v) is 20.9. The second-order valence-electron chi connectivity index (χ2n) is 5.38. The molecule has 3 rings (SSSR count). The lowest BCUT2D eigenvalue weighted by Gasteiger charge is -1.98. The highest BCUT2D eigenvalue weighted by Crippen LogP contribution is 2.04. The van der Waals surface area contributed by atoms with Crippen LogP contribution in [0.2, 0.25) is 0 Å². The van der Waals surface area contributed by atoms with E-state index in [-0.39, 0.29) is 10.7 Å². The molecule has 9 heteroatoms. The molecule has 9 nitrogen and oxygen atoms in total. The third-order valence-corrected chi connectivity index (χ3v) is 3.22. The summed E-state index contributed by atoms with van der Waals surface area (Å²) in [5, 5.41) is 16.7. The molecule has 0 saturated heterocycles. The normalized spacial score (nSPS) is 9.85. The quantitative estimate of drug-likeness (QED) is 0.437. The monoisotopic (exact) mass is 469 g/mol. The maximum atomic E-state index is 12.4. The largest absolute Gasteiger partial charge is 0.287 e. The van der Waals surface area contributed by atoms with Gasteiger partial charge in [0.05, 0.1) is 11.4 Å². The average molecular weight is 470 g/mol. The maximum absolute atomic E-state index is 12.4. The molecule has 184 valence electrons. The third kappa shape index (κ3) is 13.3. The van der Waals surface area contributed by atoms with Crippen molar-refractivity contribution < 1.29 is 4.92 Å². The molecule has 0 spiro atoms. The highest BCUT2D eigenvalue weighted by Gasteiger charge is 2.01. The molecule has 0 bridgehead atoms. The SMILES string of the molecule is CC.CC.CC.C[N+](=O)[O-].O=c1cc/c(=N\Nc2ccccc2)c(=O)c1=NNc1ccccc1. The van der Waals surface area contributed by atoms with Crippen molar-refractivity contribution >= 4 is 11.4 Å². The van der Waals surface area contributed by atoms with Crippen LogP contribution in [0.15, 0.2) is 92.6 Å². The molecule has 0 saturated carbocycles. The average Bonchev–Trinajstić information content (AvgIpc) is 2.88. The number of nitro groups is 1. The van der Waals surface area contributed by atoms with E-state index in [4.69, 9.17) is 10.1 Å². The topological polar surface area (TPSA) is 126 Å². The molecule has 0 atom stereocenters. The van der Waals surface area contributed by atoms with Crippen molar-refractivity contribution in [1.29, 1.82) is 0 Å². The van der Waals surface area contributed by atoms with Gasteiger partial charge in [0, 0.05) is 4.92 Å². The molecule has 2 N–H and O–H groups in total. The van der Waals surface area contributed by atoms with Crippen LogP contribution in [-0.4, -0.2) is 12.0 Å². The Morgan fingerprint density at radius 2 is 1.06 bits per heavy atom. The van der Waals surface area contributed by atoms with Crippen LogP contribution < -0.4 is 32.4 Å². The van der Waals surface area contributed by atoms with Crippen LogP contribution in [0.1, 0.15) is 41.5 Å². The zero-order chi connectivity index (χ0) is 26.4. The van der Waals surface area contributed by atoms with E-state index in [0.29, 0.717) is 5.69 Å². The van der Waals surface area contributed by atoms with Crippen molar-refractivity contribution in [3.8, 4) is 0 Å². The molecule has 0 amide bonds. The summed E-state index contributed by atoms with van der Waals surface area (Å²) < 4.78 is 0. The lowest BCUT2D eigenvalue weighted by molar-refractivity contribution is -0.445. The smallest absolute Gasteiger partial charge is 0.237 e. The van der Waals surface area contributed by atoms with Gasteiger partial charge in [-0.1, -0.05) is 77.9 Å². The van der Waals surface area contributed by atoms with Crippen molar-refractivity contribution in [2.45, 2.75) is 41.5 Å². The molecular weight excluding hydrogens is 434 g/mol. The first-order chi connectivity index (χ1) is 16.5. The highest BCUT2D eigenvalue weighted by molar-refractivity contribution is 5.42. The number of hydrogen-bond acceptors (Lipinski definition) is 8. The van der Waals surface area contributed by atoms with E-state index in [9.17, 15) is 9.59 Å². The van der Waals surface area contributed by atoms with E-state index < -0.39 is 15.8 Å². The summed E-state index contributed by atoms with van der Waals surface area (Å²) in [5.41, 5.74) is 5.92. The van der Waals surface area contributed by atoms with Crippen molar-refractivity contribution in [1.82, 2.24) is 0 Å². The second kappa shape index (κ2) is 20.7. The van der Waals surface area contributed by atoms with Crippen LogP contribution in [0.5, 0.6) is 0 Å². The molecule has 34 heavy (non-hydrogen) atoms. The fraction of sp³-hybridized carbons (Fsp3) is 0.280. The number of hydrogen-bond donors (Lipinski definition) is 2. The van der Waals surface area contributed by atoms with Gasteiger partial charge in [-0.2, -0.15) is 10.2 Å². The van der Waals surface area contributed by atoms with Crippen molar-refractivity contribution in [3.63, 3.8) is 0 Å². The first kappa shape index (κ1) is 32.0. The van der Waals surface area contributed by atoms with Crippen LogP contribution in [0.4, 0.5) is 11.4 Å². The van der Waals surface area contributed by atoms with E-state index in [1.807, 2.05) is 90.1 Å². The Kier molecular flexibility index (Phi) is 19.6. The molecule has 0 fully saturated rings. The lowest BCUT2D eigenvalue weighted by atomic mass is 10.3. The molecule has 0 unspecified atom stereocenters. The van der Waals surface area contributed by atoms with Gasteiger partial charge in [-0.15, -0.1) is 0 Å². The van der Waals surface area contributed by atoms with E-state index in [2.05, 4.69) is 21.1 Å². The standard InChI is InChI=1S/C18H14N4O2.3C2H6.CH3NO2/c23-16-12-11-15(21-19-13-7-3-1-4-8-13)18(24)17(16)22-20-14-9-5-2-6-10-14;3*1-2;1-2(3)4/h1-12,19-20H;3*1-2H3;1H3/b21-15+,22-17?;;;;. The zero-order valence-electron chi connectivity index (χ0n) is 20.9. The molecule has 3 aromatic carbocycles. The van der Waals surface area contributed by atoms with Crippen LogP contribution in [-0.2, 0) is 0 Å². The van der Waals surface area contributed by atoms with Crippen molar-refractivity contribution in [2.75, 3.05) is 17.9 Å². The molecule has 0 aliphatic rings. The number of para-hydroxylation sites is 2. The molecule has 0 aromatic heterocycles. The van der Waals surface area contributed by atoms with Crippen LogP contribution in [0, 0.1) is 10.1 Å². The van der Waals surface area contributed by atoms with E-state index in [0.717, 1.165) is 12.7 Å². The van der Waals surface area contributed by atoms with Gasteiger partial charge in [0.1, 0.15) is 5.36 Å². The van der Waals surface area contributed by atoms with E-state index in [1.165, 1.54) is 12.1 Å². The van der Waals surface area contributed by atoms with E-state index in [1.54, 1.807) is 12.1 Å². The Labute approximate surface area is 200 Å². The molecule has 0 radical (unpaired) electrons. The molecular formula is C25H35N5O4. The van der Waals surface area contributed by atoms with E-state index >= 15 is 0 Å². The number of anilines is 2. The third-order valence-electron chi connectivity index (χ3n) is 3.22. The number of rotatable bonds is 4. The number of nitrogens with one attached hydrogen (secondary N) is 2. The van der Waals surface area contributed by atoms with Gasteiger partial charge in [0.2, 0.25) is 10.9 Å². The Hall–Kier alpha value is -4.14. The fourth-order valence-electron chi connectivity index (χ4n) is 2.01. The second-order valence-corrected chi connectivity index (χ2v) is 5.38. The van der Waals surface area contributed by atoms with Crippen LogP contribution in [0.25, 0.3) is 0 Å². The van der Waals surface area contributed by atoms with Gasteiger partial charge in [0.25, 0.3) is 0 Å². The molecule has 0 aliphatic carbocycles. The van der Waals surface area contributed by atoms with Gasteiger partial charge >= 0.3 is 0 Å². The van der Waals surface area contributed by atoms with Crippen LogP contribution >= 0.6 is 0 Å². The maximum Gasteiger partial charge on any atom is 0.237 e. The minimum atomic E-state index is -0.533. The Morgan fingerprint density at radius 3 is 1.47 bits per heavy atom. The minimum absolute atomic E-state index is 0.118. The molecule has 3 aromatic rings. The minimum Gasteiger partial charge on any atom is -0.287 e. The fourth-order valence-corrected chi connectivity index (χ4v) is 2.01. The highest BCUT2D eigenvalue weighted by atomic mass is 16.6. The summed E-state index contributed by atoms with van der Waals surface area (Å²) in [6.07, 6.45) is 0. The first-order valence-electron chi connectivity index (χ1n) is 11.1. The number of benzene rings is 3. The number of nitrogens with zero attached hydrogens (tertiary/aromatic N) is 3. The lowest BCUT2D eigenvalue weighted by Crippen LogP contribution is -2.47. The predicted octanol–water partition coefficient (Wildman–Crippen LogP) is 4.11. The predicted molar refractivity (Wildman–Crippen MR) is 140 cm³/mol. The first-order valence-corrected chi connectivity index (χ1v) is 11.1. The molecule has 0 heterocycles. The van der Waals surface area contributed by atoms with Gasteiger partial charge < -0.3 is 0 Å². The summed E-state index contributed by atoms with van der Waals surface area (Å²) in [4.78, 5) is 32.6. The van der Waals surface area contributed by atoms with Gasteiger partial charge in [-0.3, -0.25) is 30.6 Å². The summed E-state index contributed by atoms with van der Waals surface area (Å²) in [6.45, 7) is 12.0. The summed E-state index contributed by atoms with van der Waals surface area (Å²) in [5.74, 6) is 0. The summed E-state index contributed by atoms with van der Waals surface area (Å²) in [6, 6.07) is 20.9. The van der Waals surface area contributed by atoms with Crippen molar-refractivity contribution in [3.05, 3.63) is 114 Å². The Bertz CT molecular complexity index is 1140. The van der Waals surface area contributed by atoms with Crippen molar-refractivity contribution in [2.24, 2.45) is 10.2 Å². The van der Waals surface area contributed by atoms with Gasteiger partial charge in [0.15, 0.2) is 12.4 Å².